The number of carbonyl (C=O) groups excluding carboxylic acids is 2. The average Bonchev–Trinajstić information content (AvgIpc) is 3.90. The number of hydrogen-bond donors (Lipinski definition) is 2. The molecule has 1 saturated heterocycles. The van der Waals surface area contributed by atoms with E-state index in [0.717, 1.165) is 44.7 Å². The summed E-state index contributed by atoms with van der Waals surface area (Å²) in [5, 5.41) is 6.59. The number of nitrogens with zero attached hydrogens (tertiary/aromatic N) is 6. The van der Waals surface area contributed by atoms with Crippen LogP contribution in [0.1, 0.15) is 81.8 Å². The van der Waals surface area contributed by atoms with Crippen LogP contribution in [-0.2, 0) is 4.79 Å². The van der Waals surface area contributed by atoms with Gasteiger partial charge in [0, 0.05) is 63.5 Å². The van der Waals surface area contributed by atoms with Gasteiger partial charge in [-0.05, 0) is 83.8 Å². The van der Waals surface area contributed by atoms with Crippen molar-refractivity contribution in [2.45, 2.75) is 96.8 Å². The number of amides is 2. The van der Waals surface area contributed by atoms with Crippen molar-refractivity contribution in [3.8, 4) is 11.5 Å². The number of rotatable bonds is 11. The fourth-order valence-electron chi connectivity index (χ4n) is 7.87. The van der Waals surface area contributed by atoms with Gasteiger partial charge in [-0.1, -0.05) is 6.92 Å². The summed E-state index contributed by atoms with van der Waals surface area (Å²) in [7, 11) is 4.92. The van der Waals surface area contributed by atoms with Gasteiger partial charge in [0.15, 0.2) is 5.82 Å². The summed E-state index contributed by atoms with van der Waals surface area (Å²) in [6.45, 7) is 14.0. The Morgan fingerprint density at radius 3 is 2.19 bits per heavy atom. The number of aryl methyl sites for hydroxylation is 1. The number of fused-ring (bicyclic) bond motifs is 1. The molecule has 0 unspecified atom stereocenters. The maximum absolute atomic E-state index is 13.5. The summed E-state index contributed by atoms with van der Waals surface area (Å²) < 4.78 is 11.5. The molecule has 0 radical (unpaired) electrons. The Balaban J connectivity index is 1.13. The van der Waals surface area contributed by atoms with Gasteiger partial charge < -0.3 is 34.8 Å². The second-order valence-corrected chi connectivity index (χ2v) is 14.3. The summed E-state index contributed by atoms with van der Waals surface area (Å²) in [6, 6.07) is 3.97. The van der Waals surface area contributed by atoms with Crippen molar-refractivity contribution >= 4 is 35.0 Å². The molecule has 1 aromatic carbocycles. The van der Waals surface area contributed by atoms with E-state index in [2.05, 4.69) is 39.2 Å². The molecule has 12 nitrogen and oxygen atoms in total. The van der Waals surface area contributed by atoms with Crippen LogP contribution in [0.25, 0.3) is 0 Å². The molecule has 262 valence electrons. The molecule has 3 heterocycles. The highest BCUT2D eigenvalue weighted by Crippen LogP contribution is 2.42. The number of aromatic nitrogens is 2. The Labute approximate surface area is 285 Å². The molecule has 12 heteroatoms. The largest absolute Gasteiger partial charge is 0.494 e. The van der Waals surface area contributed by atoms with E-state index in [1.165, 1.54) is 32.5 Å². The van der Waals surface area contributed by atoms with Gasteiger partial charge in [0.1, 0.15) is 28.9 Å². The van der Waals surface area contributed by atoms with Gasteiger partial charge >= 0.3 is 0 Å². The SMILES string of the molecule is CC[C@@H]1C(=O)N(C)c2c(C)nc(Nc3c(OC)cc(C(=O)NC4CCC(N5CCN(CC6CC6)CC5)CC4)cc3OC)nc2N1C(C)C. The van der Waals surface area contributed by atoms with Crippen molar-refractivity contribution < 1.29 is 19.1 Å². The van der Waals surface area contributed by atoms with Crippen LogP contribution in [0.15, 0.2) is 12.1 Å². The quantitative estimate of drug-likeness (QED) is 0.354. The Morgan fingerprint density at radius 2 is 1.62 bits per heavy atom. The lowest BCUT2D eigenvalue weighted by Gasteiger charge is -2.43. The number of carbonyl (C=O) groups is 2. The van der Waals surface area contributed by atoms with Crippen molar-refractivity contribution in [1.29, 1.82) is 0 Å². The number of likely N-dealkylation sites (N-methyl/N-ethyl adjacent to an activating group) is 1. The normalized spacial score (nSPS) is 23.7. The van der Waals surface area contributed by atoms with Gasteiger partial charge in [-0.2, -0.15) is 4.98 Å². The van der Waals surface area contributed by atoms with E-state index in [-0.39, 0.29) is 29.9 Å². The zero-order valence-electron chi connectivity index (χ0n) is 29.8. The van der Waals surface area contributed by atoms with Crippen LogP contribution in [0, 0.1) is 12.8 Å². The monoisotopic (exact) mass is 662 g/mol. The third kappa shape index (κ3) is 7.05. The maximum atomic E-state index is 13.5. The molecule has 2 saturated carbocycles. The predicted molar refractivity (Wildman–Crippen MR) is 189 cm³/mol. The molecular formula is C36H54N8O4. The van der Waals surface area contributed by atoms with Gasteiger partial charge in [0.25, 0.3) is 5.91 Å². The van der Waals surface area contributed by atoms with Crippen LogP contribution in [-0.4, -0.2) is 110 Å². The molecule has 0 bridgehead atoms. The summed E-state index contributed by atoms with van der Waals surface area (Å²) in [4.78, 5) is 45.4. The first-order chi connectivity index (χ1) is 23.1. The number of piperazine rings is 1. The van der Waals surface area contributed by atoms with E-state index in [9.17, 15) is 9.59 Å². The molecule has 48 heavy (non-hydrogen) atoms. The first-order valence-corrected chi connectivity index (χ1v) is 17.9. The highest BCUT2D eigenvalue weighted by Gasteiger charge is 2.39. The minimum atomic E-state index is -0.311. The van der Waals surface area contributed by atoms with Crippen molar-refractivity contribution in [2.24, 2.45) is 5.92 Å². The number of benzene rings is 1. The van der Waals surface area contributed by atoms with Gasteiger partial charge in [-0.15, -0.1) is 0 Å². The van der Waals surface area contributed by atoms with Gasteiger partial charge in [0.05, 0.1) is 19.9 Å². The van der Waals surface area contributed by atoms with Crippen LogP contribution in [0.4, 0.5) is 23.1 Å². The Morgan fingerprint density at radius 1 is 0.979 bits per heavy atom. The van der Waals surface area contributed by atoms with E-state index >= 15 is 0 Å². The molecule has 2 aromatic rings. The first-order valence-electron chi connectivity index (χ1n) is 17.9. The fourth-order valence-corrected chi connectivity index (χ4v) is 7.87. The summed E-state index contributed by atoms with van der Waals surface area (Å²) in [6.07, 6.45) is 7.68. The number of nitrogens with one attached hydrogen (secondary N) is 2. The number of methoxy groups -OCH3 is 2. The number of ether oxygens (including phenoxy) is 2. The lowest BCUT2D eigenvalue weighted by atomic mass is 9.89. The third-order valence-corrected chi connectivity index (χ3v) is 10.7. The smallest absolute Gasteiger partial charge is 0.251 e. The highest BCUT2D eigenvalue weighted by atomic mass is 16.5. The number of hydrogen-bond acceptors (Lipinski definition) is 10. The van der Waals surface area contributed by atoms with Crippen LogP contribution >= 0.6 is 0 Å². The molecular weight excluding hydrogens is 608 g/mol. The Bertz CT molecular complexity index is 1460. The highest BCUT2D eigenvalue weighted by molar-refractivity contribution is 6.05. The van der Waals surface area contributed by atoms with Crippen LogP contribution in [0.5, 0.6) is 11.5 Å². The second-order valence-electron chi connectivity index (χ2n) is 14.3. The predicted octanol–water partition coefficient (Wildman–Crippen LogP) is 4.58. The molecule has 1 atom stereocenters. The van der Waals surface area contributed by atoms with E-state index in [1.54, 1.807) is 38.3 Å². The third-order valence-electron chi connectivity index (χ3n) is 10.7. The summed E-state index contributed by atoms with van der Waals surface area (Å²) in [5.74, 6) is 2.80. The molecule has 2 aliphatic heterocycles. The summed E-state index contributed by atoms with van der Waals surface area (Å²) >= 11 is 0. The van der Waals surface area contributed by atoms with E-state index in [1.807, 2.05) is 13.8 Å². The van der Waals surface area contributed by atoms with E-state index < -0.39 is 0 Å². The van der Waals surface area contributed by atoms with Gasteiger partial charge in [-0.25, -0.2) is 4.98 Å². The Hall–Kier alpha value is -3.64. The molecule has 0 spiro atoms. The zero-order chi connectivity index (χ0) is 34.1. The zero-order valence-corrected chi connectivity index (χ0v) is 29.8. The second kappa shape index (κ2) is 14.5. The lowest BCUT2D eigenvalue weighted by molar-refractivity contribution is -0.120. The maximum Gasteiger partial charge on any atom is 0.251 e. The van der Waals surface area contributed by atoms with Gasteiger partial charge in [-0.3, -0.25) is 14.5 Å². The lowest BCUT2D eigenvalue weighted by Crippen LogP contribution is -2.55. The van der Waals surface area contributed by atoms with Crippen LogP contribution in [0.3, 0.4) is 0 Å². The fraction of sp³-hybridized carbons (Fsp3) is 0.667. The van der Waals surface area contributed by atoms with Crippen molar-refractivity contribution in [3.05, 3.63) is 23.4 Å². The molecule has 4 aliphatic rings. The Kier molecular flexibility index (Phi) is 10.3. The topological polar surface area (TPSA) is 115 Å². The van der Waals surface area contributed by atoms with Crippen molar-refractivity contribution in [1.82, 2.24) is 25.1 Å². The van der Waals surface area contributed by atoms with Crippen molar-refractivity contribution in [3.63, 3.8) is 0 Å². The number of anilines is 4. The minimum absolute atomic E-state index is 0.0359. The van der Waals surface area contributed by atoms with E-state index in [0.29, 0.717) is 58.4 Å². The standard InChI is InChI=1S/C36H54N8O4/c1-8-28-35(46)41(5)32-23(4)37-36(40-33(32)44(28)22(2)3)39-31-29(47-6)19-25(20-30(31)48-7)34(45)38-26-11-13-27(14-12-26)43-17-15-42(16-18-43)21-24-9-10-24/h19-20,22,24,26-28H,8-18,21H2,1-7H3,(H,38,45)(H,37,39,40)/t26?,27?,28-/m1/s1. The molecule has 2 N–H and O–H groups in total. The molecule has 6 rings (SSSR count). The first kappa shape index (κ1) is 34.2. The van der Waals surface area contributed by atoms with E-state index in [4.69, 9.17) is 19.4 Å². The van der Waals surface area contributed by atoms with Crippen molar-refractivity contribution in [2.75, 3.05) is 69.1 Å². The average molecular weight is 663 g/mol. The minimum Gasteiger partial charge on any atom is -0.494 e. The summed E-state index contributed by atoms with van der Waals surface area (Å²) in [5.41, 5.74) is 2.38. The molecule has 2 amide bonds. The van der Waals surface area contributed by atoms with Crippen LogP contribution < -0.4 is 29.9 Å². The molecule has 2 aliphatic carbocycles. The van der Waals surface area contributed by atoms with Gasteiger partial charge in [0.2, 0.25) is 11.9 Å². The molecule has 1 aromatic heterocycles. The van der Waals surface area contributed by atoms with Crippen LogP contribution in [0.2, 0.25) is 0 Å². The molecule has 3 fully saturated rings.